The van der Waals surface area contributed by atoms with Gasteiger partial charge in [-0.15, -0.1) is 0 Å². The van der Waals surface area contributed by atoms with Gasteiger partial charge in [-0.25, -0.2) is 0 Å². The molecule has 2 amide bonds. The molecule has 6 rings (SSSR count). The quantitative estimate of drug-likeness (QED) is 0.232. The summed E-state index contributed by atoms with van der Waals surface area (Å²) in [5.74, 6) is -0.441. The van der Waals surface area contributed by atoms with Crippen LogP contribution in [0.5, 0.6) is 0 Å². The van der Waals surface area contributed by atoms with Crippen molar-refractivity contribution < 1.29 is 14.0 Å². The first-order valence-electron chi connectivity index (χ1n) is 13.7. The Morgan fingerprint density at radius 3 is 2.48 bits per heavy atom. The molecule has 4 aromatic rings. The average Bonchev–Trinajstić information content (AvgIpc) is 3.75. The SMILES string of the molecule is C[C@@H](NC(=O)c1ccc2c(c1)C(=C(Nc1ccc(CN3CCCC3)cc1)c1ccoc1)C(=O)N2)c1ccccc1. The fourth-order valence-corrected chi connectivity index (χ4v) is 5.38. The second-order valence-electron chi connectivity index (χ2n) is 10.4. The number of carbonyl (C=O) groups is 2. The van der Waals surface area contributed by atoms with Gasteiger partial charge >= 0.3 is 0 Å². The van der Waals surface area contributed by atoms with Gasteiger partial charge in [-0.3, -0.25) is 14.5 Å². The van der Waals surface area contributed by atoms with Crippen LogP contribution >= 0.6 is 0 Å². The third kappa shape index (κ3) is 5.42. The smallest absolute Gasteiger partial charge is 0.258 e. The van der Waals surface area contributed by atoms with Crippen molar-refractivity contribution in [2.24, 2.45) is 0 Å². The number of hydrogen-bond donors (Lipinski definition) is 3. The molecule has 1 fully saturated rings. The third-order valence-corrected chi connectivity index (χ3v) is 7.56. The van der Waals surface area contributed by atoms with E-state index in [1.54, 1.807) is 30.7 Å². The molecule has 3 N–H and O–H groups in total. The van der Waals surface area contributed by atoms with E-state index in [2.05, 4.69) is 33.0 Å². The first-order chi connectivity index (χ1) is 19.5. The highest BCUT2D eigenvalue weighted by Gasteiger charge is 2.30. The number of fused-ring (bicyclic) bond motifs is 1. The minimum Gasteiger partial charge on any atom is -0.472 e. The van der Waals surface area contributed by atoms with Crippen LogP contribution in [0.4, 0.5) is 11.4 Å². The Kier molecular flexibility index (Phi) is 7.21. The minimum atomic E-state index is -0.237. The summed E-state index contributed by atoms with van der Waals surface area (Å²) in [4.78, 5) is 29.0. The fraction of sp³-hybridized carbons (Fsp3) is 0.212. The molecule has 0 bridgehead atoms. The monoisotopic (exact) mass is 532 g/mol. The number of likely N-dealkylation sites (tertiary alicyclic amines) is 1. The average molecular weight is 533 g/mol. The Hall–Kier alpha value is -4.62. The summed E-state index contributed by atoms with van der Waals surface area (Å²) in [6.07, 6.45) is 5.72. The molecule has 1 saturated heterocycles. The number of benzene rings is 3. The molecule has 0 saturated carbocycles. The van der Waals surface area contributed by atoms with Crippen LogP contribution in [0, 0.1) is 0 Å². The first-order valence-corrected chi connectivity index (χ1v) is 13.7. The second-order valence-corrected chi connectivity index (χ2v) is 10.4. The minimum absolute atomic E-state index is 0.159. The lowest BCUT2D eigenvalue weighted by atomic mass is 9.99. The summed E-state index contributed by atoms with van der Waals surface area (Å²) >= 11 is 0. The topological polar surface area (TPSA) is 86.6 Å². The summed E-state index contributed by atoms with van der Waals surface area (Å²) in [5, 5.41) is 9.48. The van der Waals surface area contributed by atoms with Crippen molar-refractivity contribution in [3.63, 3.8) is 0 Å². The van der Waals surface area contributed by atoms with E-state index in [-0.39, 0.29) is 17.9 Å². The van der Waals surface area contributed by atoms with Crippen molar-refractivity contribution in [3.8, 4) is 0 Å². The van der Waals surface area contributed by atoms with Gasteiger partial charge in [-0.05, 0) is 80.4 Å². The van der Waals surface area contributed by atoms with Crippen molar-refractivity contribution in [1.82, 2.24) is 10.2 Å². The van der Waals surface area contributed by atoms with E-state index in [1.807, 2.05) is 55.5 Å². The molecule has 3 aromatic carbocycles. The highest BCUT2D eigenvalue weighted by molar-refractivity contribution is 6.37. The lowest BCUT2D eigenvalue weighted by Gasteiger charge is -2.16. The van der Waals surface area contributed by atoms with Crippen LogP contribution < -0.4 is 16.0 Å². The van der Waals surface area contributed by atoms with Crippen LogP contribution in [0.3, 0.4) is 0 Å². The van der Waals surface area contributed by atoms with E-state index in [4.69, 9.17) is 4.42 Å². The normalized spacial score (nSPS) is 16.8. The van der Waals surface area contributed by atoms with Crippen molar-refractivity contribution >= 4 is 34.5 Å². The Balaban J connectivity index is 1.30. The molecule has 1 aromatic heterocycles. The van der Waals surface area contributed by atoms with E-state index in [0.717, 1.165) is 36.4 Å². The molecule has 3 heterocycles. The Morgan fingerprint density at radius 2 is 1.75 bits per heavy atom. The van der Waals surface area contributed by atoms with Gasteiger partial charge in [0, 0.05) is 34.6 Å². The molecular formula is C33H32N4O3. The zero-order valence-corrected chi connectivity index (χ0v) is 22.4. The van der Waals surface area contributed by atoms with Gasteiger partial charge in [0.15, 0.2) is 0 Å². The van der Waals surface area contributed by atoms with Crippen LogP contribution in [0.2, 0.25) is 0 Å². The number of carbonyl (C=O) groups excluding carboxylic acids is 2. The lowest BCUT2D eigenvalue weighted by molar-refractivity contribution is -0.110. The Bertz CT molecular complexity index is 1540. The van der Waals surface area contributed by atoms with E-state index in [1.165, 1.54) is 18.4 Å². The van der Waals surface area contributed by atoms with Crippen molar-refractivity contribution in [2.75, 3.05) is 23.7 Å². The maximum Gasteiger partial charge on any atom is 0.258 e. The predicted molar refractivity (Wildman–Crippen MR) is 157 cm³/mol. The fourth-order valence-electron chi connectivity index (χ4n) is 5.38. The molecule has 0 radical (unpaired) electrons. The highest BCUT2D eigenvalue weighted by Crippen LogP contribution is 2.38. The van der Waals surface area contributed by atoms with Gasteiger partial charge < -0.3 is 20.4 Å². The van der Waals surface area contributed by atoms with Crippen LogP contribution in [0.1, 0.15) is 58.4 Å². The molecule has 0 unspecified atom stereocenters. The van der Waals surface area contributed by atoms with Crippen molar-refractivity contribution in [3.05, 3.63) is 119 Å². The summed E-state index contributed by atoms with van der Waals surface area (Å²) in [7, 11) is 0. The van der Waals surface area contributed by atoms with E-state index in [0.29, 0.717) is 28.1 Å². The number of rotatable bonds is 8. The van der Waals surface area contributed by atoms with Gasteiger partial charge in [0.05, 0.1) is 29.8 Å². The van der Waals surface area contributed by atoms with Crippen LogP contribution in [-0.4, -0.2) is 29.8 Å². The van der Waals surface area contributed by atoms with Crippen LogP contribution in [0.25, 0.3) is 11.3 Å². The number of nitrogens with zero attached hydrogens (tertiary/aromatic N) is 1. The molecule has 40 heavy (non-hydrogen) atoms. The molecule has 0 spiro atoms. The Morgan fingerprint density at radius 1 is 0.975 bits per heavy atom. The number of nitrogens with one attached hydrogen (secondary N) is 3. The number of hydrogen-bond acceptors (Lipinski definition) is 5. The molecule has 0 aliphatic carbocycles. The summed E-state index contributed by atoms with van der Waals surface area (Å²) < 4.78 is 5.38. The summed E-state index contributed by atoms with van der Waals surface area (Å²) in [6, 6.07) is 25.1. The number of furan rings is 1. The molecule has 202 valence electrons. The molecule has 2 aliphatic heterocycles. The van der Waals surface area contributed by atoms with E-state index in [9.17, 15) is 9.59 Å². The summed E-state index contributed by atoms with van der Waals surface area (Å²) in [5.41, 5.74) is 6.77. The molecule has 1 atom stereocenters. The van der Waals surface area contributed by atoms with Gasteiger partial charge in [-0.2, -0.15) is 0 Å². The maximum atomic E-state index is 13.3. The first kappa shape index (κ1) is 25.6. The number of amides is 2. The standard InChI is InChI=1S/C33H32N4O3/c1-22(24-7-3-2-4-8-24)34-32(38)25-11-14-29-28(19-25)30(33(39)36-29)31(26-15-18-40-21-26)35-27-12-9-23(10-13-27)20-37-16-5-6-17-37/h2-4,7-15,18-19,21-22,35H,5-6,16-17,20H2,1H3,(H,34,38)(H,36,39)/t22-/m1/s1. The van der Waals surface area contributed by atoms with E-state index >= 15 is 0 Å². The third-order valence-electron chi connectivity index (χ3n) is 7.56. The maximum absolute atomic E-state index is 13.3. The van der Waals surface area contributed by atoms with Gasteiger partial charge in [-0.1, -0.05) is 42.5 Å². The summed E-state index contributed by atoms with van der Waals surface area (Å²) in [6.45, 7) is 5.20. The van der Waals surface area contributed by atoms with E-state index < -0.39 is 0 Å². The van der Waals surface area contributed by atoms with Crippen molar-refractivity contribution in [2.45, 2.75) is 32.4 Å². The predicted octanol–water partition coefficient (Wildman–Crippen LogP) is 6.30. The largest absolute Gasteiger partial charge is 0.472 e. The van der Waals surface area contributed by atoms with Crippen molar-refractivity contribution in [1.29, 1.82) is 0 Å². The Labute approximate surface area is 233 Å². The van der Waals surface area contributed by atoms with Crippen LogP contribution in [-0.2, 0) is 11.3 Å². The zero-order valence-electron chi connectivity index (χ0n) is 22.4. The van der Waals surface area contributed by atoms with Gasteiger partial charge in [0.2, 0.25) is 0 Å². The number of anilines is 2. The second kappa shape index (κ2) is 11.2. The molecule has 7 heteroatoms. The van der Waals surface area contributed by atoms with Gasteiger partial charge in [0.25, 0.3) is 11.8 Å². The lowest BCUT2D eigenvalue weighted by Crippen LogP contribution is -2.26. The highest BCUT2D eigenvalue weighted by atomic mass is 16.3. The molecule has 2 aliphatic rings. The molecular weight excluding hydrogens is 500 g/mol. The zero-order chi connectivity index (χ0) is 27.5. The van der Waals surface area contributed by atoms with Crippen LogP contribution in [0.15, 0.2) is 95.8 Å². The molecule has 7 nitrogen and oxygen atoms in total. The van der Waals surface area contributed by atoms with Gasteiger partial charge in [0.1, 0.15) is 0 Å².